The predicted octanol–water partition coefficient (Wildman–Crippen LogP) is 4.09. The molecule has 0 amide bonds. The number of hydrogen-bond donors (Lipinski definition) is 0. The van der Waals surface area contributed by atoms with Crippen LogP contribution in [0.4, 0.5) is 13.2 Å². The van der Waals surface area contributed by atoms with Crippen LogP contribution in [0.2, 0.25) is 0 Å². The van der Waals surface area contributed by atoms with Gasteiger partial charge in [-0.2, -0.15) is 13.2 Å². The number of ether oxygens (including phenoxy) is 1. The third-order valence-electron chi connectivity index (χ3n) is 2.95. The summed E-state index contributed by atoms with van der Waals surface area (Å²) in [6.45, 7) is 3.49. The fourth-order valence-corrected chi connectivity index (χ4v) is 2.14. The second-order valence-electron chi connectivity index (χ2n) is 5.89. The molecular formula is C16H25F3IN3O. The molecule has 0 aliphatic rings. The van der Waals surface area contributed by atoms with Crippen LogP contribution in [0.5, 0.6) is 5.75 Å². The molecule has 0 aliphatic heterocycles. The summed E-state index contributed by atoms with van der Waals surface area (Å²) in [5.74, 6) is 0.807. The molecule has 0 bridgehead atoms. The molecule has 0 spiro atoms. The van der Waals surface area contributed by atoms with Crippen LogP contribution >= 0.6 is 24.0 Å². The van der Waals surface area contributed by atoms with Crippen molar-refractivity contribution >= 4 is 29.9 Å². The number of hydrogen-bond acceptors (Lipinski definition) is 2. The topological polar surface area (TPSA) is 28.1 Å². The van der Waals surface area contributed by atoms with E-state index in [1.54, 1.807) is 57.9 Å². The Labute approximate surface area is 158 Å². The van der Waals surface area contributed by atoms with Crippen LogP contribution in [0.3, 0.4) is 0 Å². The van der Waals surface area contributed by atoms with E-state index in [1.807, 2.05) is 0 Å². The van der Waals surface area contributed by atoms with Gasteiger partial charge in [0.1, 0.15) is 5.75 Å². The van der Waals surface area contributed by atoms with E-state index in [4.69, 9.17) is 4.74 Å². The van der Waals surface area contributed by atoms with E-state index >= 15 is 0 Å². The molecule has 0 fully saturated rings. The van der Waals surface area contributed by atoms with Crippen LogP contribution in [-0.4, -0.2) is 50.1 Å². The SMILES string of the molecule is CC(C)Oc1ccc(CN=C(N(C)C)N(C)C)c(C(F)(F)F)c1.I. The lowest BCUT2D eigenvalue weighted by Gasteiger charge is -2.23. The standard InChI is InChI=1S/C16H24F3N3O.HI/c1-11(2)23-13-8-7-12(14(9-13)16(17,18)19)10-20-15(21(3)4)22(5)6;/h7-9,11H,10H2,1-6H3;1H. The molecule has 4 nitrogen and oxygen atoms in total. The van der Waals surface area contributed by atoms with Gasteiger partial charge < -0.3 is 14.5 Å². The highest BCUT2D eigenvalue weighted by molar-refractivity contribution is 14.0. The number of halogens is 4. The fraction of sp³-hybridized carbons (Fsp3) is 0.562. The first-order valence-electron chi connectivity index (χ1n) is 7.28. The molecule has 1 aromatic rings. The van der Waals surface area contributed by atoms with Crippen molar-refractivity contribution in [3.63, 3.8) is 0 Å². The van der Waals surface area contributed by atoms with E-state index in [1.165, 1.54) is 6.07 Å². The van der Waals surface area contributed by atoms with Crippen molar-refractivity contribution < 1.29 is 17.9 Å². The molecule has 24 heavy (non-hydrogen) atoms. The quantitative estimate of drug-likeness (QED) is 0.386. The Morgan fingerprint density at radius 1 is 1.12 bits per heavy atom. The molecule has 0 unspecified atom stereocenters. The van der Waals surface area contributed by atoms with Crippen LogP contribution in [0.15, 0.2) is 23.2 Å². The average molecular weight is 459 g/mol. The van der Waals surface area contributed by atoms with E-state index < -0.39 is 11.7 Å². The zero-order chi connectivity index (χ0) is 17.8. The summed E-state index contributed by atoms with van der Waals surface area (Å²) in [4.78, 5) is 7.79. The molecule has 1 aromatic carbocycles. The van der Waals surface area contributed by atoms with Crippen molar-refractivity contribution in [1.29, 1.82) is 0 Å². The van der Waals surface area contributed by atoms with Crippen molar-refractivity contribution in [3.05, 3.63) is 29.3 Å². The van der Waals surface area contributed by atoms with Crippen molar-refractivity contribution in [2.75, 3.05) is 28.2 Å². The van der Waals surface area contributed by atoms with E-state index in [2.05, 4.69) is 4.99 Å². The Bertz CT molecular complexity index is 548. The van der Waals surface area contributed by atoms with Gasteiger partial charge in [0.2, 0.25) is 0 Å². The van der Waals surface area contributed by atoms with Gasteiger partial charge >= 0.3 is 6.18 Å². The number of guanidine groups is 1. The fourth-order valence-electron chi connectivity index (χ4n) is 2.14. The van der Waals surface area contributed by atoms with E-state index in [0.29, 0.717) is 5.96 Å². The van der Waals surface area contributed by atoms with E-state index in [-0.39, 0.29) is 47.9 Å². The molecule has 1 rings (SSSR count). The molecule has 0 aliphatic carbocycles. The third-order valence-corrected chi connectivity index (χ3v) is 2.95. The highest BCUT2D eigenvalue weighted by atomic mass is 127. The van der Waals surface area contributed by atoms with Gasteiger partial charge in [-0.1, -0.05) is 6.07 Å². The second-order valence-corrected chi connectivity index (χ2v) is 5.89. The van der Waals surface area contributed by atoms with Crippen molar-refractivity contribution in [2.45, 2.75) is 32.7 Å². The maximum atomic E-state index is 13.3. The van der Waals surface area contributed by atoms with Crippen LogP contribution < -0.4 is 4.74 Å². The first kappa shape index (κ1) is 22.8. The lowest BCUT2D eigenvalue weighted by molar-refractivity contribution is -0.138. The van der Waals surface area contributed by atoms with Gasteiger partial charge in [-0.3, -0.25) is 0 Å². The van der Waals surface area contributed by atoms with Crippen LogP contribution in [0.1, 0.15) is 25.0 Å². The summed E-state index contributed by atoms with van der Waals surface area (Å²) in [7, 11) is 7.18. The van der Waals surface area contributed by atoms with Crippen LogP contribution in [-0.2, 0) is 12.7 Å². The Morgan fingerprint density at radius 3 is 2.08 bits per heavy atom. The maximum absolute atomic E-state index is 13.3. The average Bonchev–Trinajstić information content (AvgIpc) is 2.37. The molecule has 0 atom stereocenters. The monoisotopic (exact) mass is 459 g/mol. The van der Waals surface area contributed by atoms with Crippen molar-refractivity contribution in [2.24, 2.45) is 4.99 Å². The van der Waals surface area contributed by atoms with Gasteiger partial charge in [-0.05, 0) is 31.5 Å². The summed E-state index contributed by atoms with van der Waals surface area (Å²) in [5.41, 5.74) is -0.592. The predicted molar refractivity (Wildman–Crippen MR) is 101 cm³/mol. The lowest BCUT2D eigenvalue weighted by Crippen LogP contribution is -2.35. The van der Waals surface area contributed by atoms with Gasteiger partial charge in [0.05, 0.1) is 18.2 Å². The van der Waals surface area contributed by atoms with Crippen molar-refractivity contribution in [3.8, 4) is 5.75 Å². The molecule has 0 saturated heterocycles. The molecule has 0 aromatic heterocycles. The zero-order valence-corrected chi connectivity index (χ0v) is 17.1. The first-order valence-corrected chi connectivity index (χ1v) is 7.28. The van der Waals surface area contributed by atoms with Crippen molar-refractivity contribution in [1.82, 2.24) is 9.80 Å². The molecule has 138 valence electrons. The Morgan fingerprint density at radius 2 is 1.67 bits per heavy atom. The maximum Gasteiger partial charge on any atom is 0.416 e. The second kappa shape index (κ2) is 9.33. The van der Waals surface area contributed by atoms with Gasteiger partial charge in [0, 0.05) is 28.2 Å². The molecule has 0 radical (unpaired) electrons. The van der Waals surface area contributed by atoms with Gasteiger partial charge in [-0.15, -0.1) is 24.0 Å². The van der Waals surface area contributed by atoms with Crippen LogP contribution in [0, 0.1) is 0 Å². The summed E-state index contributed by atoms with van der Waals surface area (Å²) in [6.07, 6.45) is -4.63. The number of rotatable bonds is 4. The van der Waals surface area contributed by atoms with Gasteiger partial charge in [0.25, 0.3) is 0 Å². The minimum atomic E-state index is -4.45. The first-order chi connectivity index (χ1) is 10.5. The molecule has 0 saturated carbocycles. The normalized spacial score (nSPS) is 10.9. The smallest absolute Gasteiger partial charge is 0.416 e. The number of alkyl halides is 3. The Kier molecular flexibility index (Phi) is 8.87. The molecule has 8 heteroatoms. The van der Waals surface area contributed by atoms with E-state index in [0.717, 1.165) is 6.07 Å². The number of benzene rings is 1. The largest absolute Gasteiger partial charge is 0.491 e. The molecular weight excluding hydrogens is 434 g/mol. The lowest BCUT2D eigenvalue weighted by atomic mass is 10.1. The van der Waals surface area contributed by atoms with Crippen LogP contribution in [0.25, 0.3) is 0 Å². The highest BCUT2D eigenvalue weighted by Crippen LogP contribution is 2.35. The minimum absolute atomic E-state index is 0. The van der Waals surface area contributed by atoms with Gasteiger partial charge in [0.15, 0.2) is 5.96 Å². The summed E-state index contributed by atoms with van der Waals surface area (Å²) in [6, 6.07) is 4.01. The Hall–Kier alpha value is -1.19. The van der Waals surface area contributed by atoms with Gasteiger partial charge in [-0.25, -0.2) is 4.99 Å². The summed E-state index contributed by atoms with van der Waals surface area (Å²) >= 11 is 0. The molecule has 0 heterocycles. The molecule has 0 N–H and O–H groups in total. The highest BCUT2D eigenvalue weighted by Gasteiger charge is 2.33. The zero-order valence-electron chi connectivity index (χ0n) is 14.8. The summed E-state index contributed by atoms with van der Waals surface area (Å²) in [5, 5.41) is 0. The Balaban J connectivity index is 0.00000529. The van der Waals surface area contributed by atoms with E-state index in [9.17, 15) is 13.2 Å². The summed E-state index contributed by atoms with van der Waals surface area (Å²) < 4.78 is 45.2. The third kappa shape index (κ3) is 6.74. The minimum Gasteiger partial charge on any atom is -0.491 e. The number of nitrogens with zero attached hydrogens (tertiary/aromatic N) is 3. The number of aliphatic imine (C=N–C) groups is 1.